The van der Waals surface area contributed by atoms with Crippen LogP contribution in [0.5, 0.6) is 0 Å². The van der Waals surface area contributed by atoms with Crippen molar-refractivity contribution in [3.8, 4) is 44.5 Å². The Kier molecular flexibility index (Phi) is 5.89. The summed E-state index contributed by atoms with van der Waals surface area (Å²) < 4.78 is 0. The van der Waals surface area contributed by atoms with Crippen molar-refractivity contribution in [1.29, 1.82) is 0 Å². The van der Waals surface area contributed by atoms with Gasteiger partial charge in [-0.05, 0) is 127 Å². The molecule has 9 rings (SSSR count). The van der Waals surface area contributed by atoms with Gasteiger partial charge in [0.2, 0.25) is 0 Å². The van der Waals surface area contributed by atoms with Crippen LogP contribution in [0.3, 0.4) is 0 Å². The lowest BCUT2D eigenvalue weighted by molar-refractivity contribution is 1.29. The highest BCUT2D eigenvalue weighted by Crippen LogP contribution is 2.50. The summed E-state index contributed by atoms with van der Waals surface area (Å²) in [5.41, 5.74) is 13.6. The molecule has 0 unspecified atom stereocenters. The Morgan fingerprint density at radius 2 is 0.689 bits per heavy atom. The highest BCUT2D eigenvalue weighted by atomic mass is 15.1. The first-order valence-electron chi connectivity index (χ1n) is 15.5. The van der Waals surface area contributed by atoms with Gasteiger partial charge < -0.3 is 4.90 Å². The molecule has 0 bridgehead atoms. The molecular weight excluding hydrogens is 542 g/mol. The lowest BCUT2D eigenvalue weighted by atomic mass is 9.78. The maximum Gasteiger partial charge on any atom is 0.0468 e. The van der Waals surface area contributed by atoms with Crippen LogP contribution in [0.4, 0.5) is 17.1 Å². The van der Waals surface area contributed by atoms with Gasteiger partial charge in [0.15, 0.2) is 0 Å². The van der Waals surface area contributed by atoms with Gasteiger partial charge >= 0.3 is 0 Å². The van der Waals surface area contributed by atoms with Gasteiger partial charge in [0.25, 0.3) is 0 Å². The fourth-order valence-corrected chi connectivity index (χ4v) is 6.83. The van der Waals surface area contributed by atoms with Crippen molar-refractivity contribution in [3.05, 3.63) is 176 Å². The quantitative estimate of drug-likeness (QED) is 0.199. The molecule has 0 amide bonds. The summed E-state index contributed by atoms with van der Waals surface area (Å²) >= 11 is 0. The Morgan fingerprint density at radius 3 is 1.31 bits per heavy atom. The van der Waals surface area contributed by atoms with Crippen LogP contribution in [0, 0.1) is 0 Å². The van der Waals surface area contributed by atoms with Crippen LogP contribution in [0.2, 0.25) is 0 Å². The van der Waals surface area contributed by atoms with E-state index in [9.17, 15) is 0 Å². The Hall–Kier alpha value is -5.92. The van der Waals surface area contributed by atoms with E-state index < -0.39 is 0 Å². The van der Waals surface area contributed by atoms with Crippen molar-refractivity contribution in [2.75, 3.05) is 4.90 Å². The van der Waals surface area contributed by atoms with Crippen molar-refractivity contribution < 1.29 is 0 Å². The van der Waals surface area contributed by atoms with Crippen LogP contribution < -0.4 is 4.90 Å². The summed E-state index contributed by atoms with van der Waals surface area (Å²) in [6, 6.07) is 63.9. The predicted octanol–water partition coefficient (Wildman–Crippen LogP) is 12.4. The van der Waals surface area contributed by atoms with Crippen molar-refractivity contribution >= 4 is 38.6 Å². The fourth-order valence-electron chi connectivity index (χ4n) is 6.83. The van der Waals surface area contributed by atoms with Gasteiger partial charge in [0.1, 0.15) is 0 Å². The normalized spacial score (nSPS) is 11.6. The molecule has 0 spiro atoms. The molecule has 0 radical (unpaired) electrons. The molecule has 0 heterocycles. The third-order valence-electron chi connectivity index (χ3n) is 9.13. The Bertz CT molecular complexity index is 2350. The fraction of sp³-hybridized carbons (Fsp3) is 0. The van der Waals surface area contributed by atoms with Crippen LogP contribution in [0.1, 0.15) is 0 Å². The van der Waals surface area contributed by atoms with Crippen LogP contribution in [0.15, 0.2) is 176 Å². The van der Waals surface area contributed by atoms with E-state index >= 15 is 0 Å². The van der Waals surface area contributed by atoms with Gasteiger partial charge in [-0.25, -0.2) is 0 Å². The lowest BCUT2D eigenvalue weighted by Crippen LogP contribution is -2.10. The van der Waals surface area contributed by atoms with Gasteiger partial charge in [-0.2, -0.15) is 0 Å². The first-order valence-corrected chi connectivity index (χ1v) is 15.5. The molecule has 0 aliphatic heterocycles. The molecule has 0 saturated heterocycles. The largest absolute Gasteiger partial charge is 0.310 e. The topological polar surface area (TPSA) is 3.24 Å². The molecule has 0 atom stereocenters. The average molecular weight is 572 g/mol. The molecule has 45 heavy (non-hydrogen) atoms. The molecule has 210 valence electrons. The summed E-state index contributed by atoms with van der Waals surface area (Å²) in [5.74, 6) is 0. The van der Waals surface area contributed by atoms with E-state index in [4.69, 9.17) is 0 Å². The van der Waals surface area contributed by atoms with Crippen molar-refractivity contribution in [2.24, 2.45) is 0 Å². The van der Waals surface area contributed by atoms with Gasteiger partial charge in [-0.1, -0.05) is 115 Å². The van der Waals surface area contributed by atoms with Crippen LogP contribution >= 0.6 is 0 Å². The summed E-state index contributed by atoms with van der Waals surface area (Å²) in [4.78, 5) is 2.38. The van der Waals surface area contributed by atoms with E-state index in [1.54, 1.807) is 0 Å². The molecule has 8 aromatic rings. The first-order chi connectivity index (χ1) is 22.3. The van der Waals surface area contributed by atoms with E-state index in [0.717, 1.165) is 17.1 Å². The predicted molar refractivity (Wildman–Crippen MR) is 191 cm³/mol. The van der Waals surface area contributed by atoms with Crippen molar-refractivity contribution in [3.63, 3.8) is 0 Å². The zero-order valence-electron chi connectivity index (χ0n) is 24.7. The second kappa shape index (κ2) is 10.4. The van der Waals surface area contributed by atoms with Crippen LogP contribution in [-0.4, -0.2) is 0 Å². The van der Waals surface area contributed by atoms with Gasteiger partial charge in [0, 0.05) is 17.1 Å². The number of benzene rings is 8. The average Bonchev–Trinajstić information content (AvgIpc) is 3.11. The summed E-state index contributed by atoms with van der Waals surface area (Å²) in [6.07, 6.45) is 0. The molecule has 0 fully saturated rings. The van der Waals surface area contributed by atoms with E-state index in [-0.39, 0.29) is 0 Å². The standard InChI is InChI=1S/C44H29N/c1-3-10-30(11-4-1)32-18-21-38(22-19-32)45(39-17-9-16-33(24-39)31-12-5-2-6-13-31)40-23-20-36-28-43-41-26-34-14-7-8-15-35(34)27-42(41)44(43)29-37(36)25-40/h1-29H. The minimum absolute atomic E-state index is 1.12. The highest BCUT2D eigenvalue weighted by molar-refractivity contribution is 6.12. The second-order valence-electron chi connectivity index (χ2n) is 11.8. The molecule has 8 aromatic carbocycles. The highest BCUT2D eigenvalue weighted by Gasteiger charge is 2.24. The summed E-state index contributed by atoms with van der Waals surface area (Å²) in [7, 11) is 0. The smallest absolute Gasteiger partial charge is 0.0468 e. The third-order valence-corrected chi connectivity index (χ3v) is 9.13. The first kappa shape index (κ1) is 25.6. The Balaban J connectivity index is 1.17. The zero-order valence-corrected chi connectivity index (χ0v) is 24.7. The monoisotopic (exact) mass is 571 g/mol. The van der Waals surface area contributed by atoms with Crippen LogP contribution in [0.25, 0.3) is 66.1 Å². The third kappa shape index (κ3) is 4.41. The molecular formula is C44H29N. The molecule has 0 saturated carbocycles. The molecule has 1 heteroatoms. The van der Waals surface area contributed by atoms with Gasteiger partial charge in [-0.3, -0.25) is 0 Å². The maximum atomic E-state index is 2.38. The Morgan fingerprint density at radius 1 is 0.244 bits per heavy atom. The lowest BCUT2D eigenvalue weighted by Gasteiger charge is -2.28. The molecule has 1 nitrogen and oxygen atoms in total. The van der Waals surface area contributed by atoms with E-state index in [1.165, 1.54) is 66.1 Å². The number of anilines is 3. The SMILES string of the molecule is c1ccc(-c2ccc(N(c3cccc(-c4ccccc4)c3)c3ccc4cc5c(cc4c3)-c3cc4ccccc4cc3-5)cc2)cc1. The number of fused-ring (bicyclic) bond motifs is 6. The Labute approximate surface area is 263 Å². The minimum atomic E-state index is 1.12. The molecule has 0 N–H and O–H groups in total. The van der Waals surface area contributed by atoms with Gasteiger partial charge in [0.05, 0.1) is 0 Å². The number of hydrogen-bond donors (Lipinski definition) is 0. The summed E-state index contributed by atoms with van der Waals surface area (Å²) in [5, 5.41) is 5.09. The van der Waals surface area contributed by atoms with E-state index in [2.05, 4.69) is 181 Å². The van der Waals surface area contributed by atoms with Gasteiger partial charge in [-0.15, -0.1) is 0 Å². The van der Waals surface area contributed by atoms with E-state index in [0.29, 0.717) is 0 Å². The van der Waals surface area contributed by atoms with E-state index in [1.807, 2.05) is 0 Å². The molecule has 0 aromatic heterocycles. The molecule has 1 aliphatic rings. The van der Waals surface area contributed by atoms with Crippen molar-refractivity contribution in [2.45, 2.75) is 0 Å². The molecule has 1 aliphatic carbocycles. The van der Waals surface area contributed by atoms with Crippen molar-refractivity contribution in [1.82, 2.24) is 0 Å². The minimum Gasteiger partial charge on any atom is -0.310 e. The number of rotatable bonds is 5. The second-order valence-corrected chi connectivity index (χ2v) is 11.8. The maximum absolute atomic E-state index is 2.38. The number of hydrogen-bond acceptors (Lipinski definition) is 1. The number of nitrogens with zero attached hydrogens (tertiary/aromatic N) is 1. The van der Waals surface area contributed by atoms with Crippen LogP contribution in [-0.2, 0) is 0 Å². The zero-order chi connectivity index (χ0) is 29.7. The summed E-state index contributed by atoms with van der Waals surface area (Å²) in [6.45, 7) is 0.